The summed E-state index contributed by atoms with van der Waals surface area (Å²) in [6.07, 6.45) is 3.62. The van der Waals surface area contributed by atoms with Crippen molar-refractivity contribution in [2.24, 2.45) is 5.92 Å². The highest BCUT2D eigenvalue weighted by molar-refractivity contribution is 5.88. The molecular weight excluding hydrogens is 420 g/mol. The third-order valence-corrected chi connectivity index (χ3v) is 4.86. The molecule has 0 N–H and O–H groups in total. The minimum atomic E-state index is -0.813. The second kappa shape index (κ2) is 9.64. The molecule has 0 amide bonds. The molecule has 1 saturated carbocycles. The van der Waals surface area contributed by atoms with Gasteiger partial charge in [-0.25, -0.2) is 18.6 Å². The number of esters is 1. The molecule has 1 heterocycles. The molecule has 1 fully saturated rings. The van der Waals surface area contributed by atoms with Crippen LogP contribution in [0.3, 0.4) is 0 Å². The van der Waals surface area contributed by atoms with Gasteiger partial charge in [0.2, 0.25) is 5.88 Å². The minimum Gasteiger partial charge on any atom is -0.493 e. The molecule has 6 nitrogen and oxygen atoms in total. The van der Waals surface area contributed by atoms with Crippen LogP contribution in [-0.2, 0) is 11.3 Å². The average Bonchev–Trinajstić information content (AvgIpc) is 3.62. The highest BCUT2D eigenvalue weighted by atomic mass is 19.1. The van der Waals surface area contributed by atoms with Gasteiger partial charge in [0.05, 0.1) is 24.8 Å². The fourth-order valence-electron chi connectivity index (χ4n) is 2.89. The van der Waals surface area contributed by atoms with Crippen LogP contribution in [-0.4, -0.2) is 24.7 Å². The van der Waals surface area contributed by atoms with Gasteiger partial charge in [-0.05, 0) is 37.0 Å². The summed E-state index contributed by atoms with van der Waals surface area (Å²) in [6, 6.07) is 12.0. The number of rotatable bonds is 9. The van der Waals surface area contributed by atoms with Gasteiger partial charge in [0.15, 0.2) is 0 Å². The lowest BCUT2D eigenvalue weighted by Crippen LogP contribution is -2.05. The van der Waals surface area contributed by atoms with Gasteiger partial charge >= 0.3 is 5.97 Å². The zero-order chi connectivity index (χ0) is 22.5. The van der Waals surface area contributed by atoms with Crippen molar-refractivity contribution in [2.45, 2.75) is 19.4 Å². The Hall–Kier alpha value is -3.68. The standard InChI is InChI=1S/C24H21F2NO5/c1-29-24(28)16-7-8-23(27-12-16)31-14-20-21(25)10-19(11-22(20)26)32-18-4-2-3-17(9-18)30-13-15-5-6-15/h2-4,7-12,15H,5-6,13-14H2,1H3. The Morgan fingerprint density at radius 3 is 2.41 bits per heavy atom. The third kappa shape index (κ3) is 5.51. The molecule has 1 aliphatic rings. The molecule has 0 saturated heterocycles. The maximum Gasteiger partial charge on any atom is 0.339 e. The largest absolute Gasteiger partial charge is 0.493 e. The second-order valence-electron chi connectivity index (χ2n) is 7.36. The first-order valence-electron chi connectivity index (χ1n) is 10.1. The third-order valence-electron chi connectivity index (χ3n) is 4.86. The number of halogens is 2. The predicted octanol–water partition coefficient (Wildman–Crippen LogP) is 5.31. The SMILES string of the molecule is COC(=O)c1ccc(OCc2c(F)cc(Oc3cccc(OCC4CC4)c3)cc2F)nc1. The summed E-state index contributed by atoms with van der Waals surface area (Å²) in [5.74, 6) is -0.375. The van der Waals surface area contributed by atoms with Crippen LogP contribution in [0, 0.1) is 17.6 Å². The van der Waals surface area contributed by atoms with E-state index in [1.807, 2.05) is 6.07 Å². The first kappa shape index (κ1) is 21.5. The number of carbonyl (C=O) groups is 1. The molecule has 166 valence electrons. The van der Waals surface area contributed by atoms with Crippen molar-refractivity contribution < 1.29 is 32.5 Å². The smallest absolute Gasteiger partial charge is 0.339 e. The predicted molar refractivity (Wildman–Crippen MR) is 111 cm³/mol. The molecular formula is C24H21F2NO5. The van der Waals surface area contributed by atoms with E-state index in [-0.39, 0.29) is 29.4 Å². The lowest BCUT2D eigenvalue weighted by atomic mass is 10.2. The highest BCUT2D eigenvalue weighted by Gasteiger charge is 2.22. The number of methoxy groups -OCH3 is 1. The Balaban J connectivity index is 1.39. The van der Waals surface area contributed by atoms with Gasteiger partial charge in [0.1, 0.15) is 35.5 Å². The zero-order valence-corrected chi connectivity index (χ0v) is 17.3. The monoisotopic (exact) mass is 441 g/mol. The summed E-state index contributed by atoms with van der Waals surface area (Å²) >= 11 is 0. The summed E-state index contributed by atoms with van der Waals surface area (Å²) in [5.41, 5.74) is -0.0292. The maximum absolute atomic E-state index is 14.5. The number of nitrogens with zero attached hydrogens (tertiary/aromatic N) is 1. The summed E-state index contributed by atoms with van der Waals surface area (Å²) < 4.78 is 50.3. The molecule has 3 aromatic rings. The van der Waals surface area contributed by atoms with Crippen molar-refractivity contribution in [2.75, 3.05) is 13.7 Å². The number of ether oxygens (including phenoxy) is 4. The van der Waals surface area contributed by atoms with Crippen LogP contribution >= 0.6 is 0 Å². The molecule has 1 aliphatic carbocycles. The van der Waals surface area contributed by atoms with E-state index < -0.39 is 17.6 Å². The van der Waals surface area contributed by atoms with Crippen molar-refractivity contribution in [3.63, 3.8) is 0 Å². The number of pyridine rings is 1. The molecule has 8 heteroatoms. The Bertz CT molecular complexity index is 1080. The van der Waals surface area contributed by atoms with Crippen LogP contribution in [0.2, 0.25) is 0 Å². The van der Waals surface area contributed by atoms with E-state index in [1.54, 1.807) is 18.2 Å². The van der Waals surface area contributed by atoms with Gasteiger partial charge in [0.25, 0.3) is 0 Å². The van der Waals surface area contributed by atoms with E-state index >= 15 is 0 Å². The van der Waals surface area contributed by atoms with Crippen LogP contribution in [0.15, 0.2) is 54.7 Å². The fraction of sp³-hybridized carbons (Fsp3) is 0.250. The molecule has 0 atom stereocenters. The quantitative estimate of drug-likeness (QED) is 0.420. The lowest BCUT2D eigenvalue weighted by Gasteiger charge is -2.12. The van der Waals surface area contributed by atoms with E-state index in [4.69, 9.17) is 14.2 Å². The molecule has 0 aliphatic heterocycles. The Labute approximate surface area is 183 Å². The Morgan fingerprint density at radius 2 is 1.75 bits per heavy atom. The molecule has 0 bridgehead atoms. The second-order valence-corrected chi connectivity index (χ2v) is 7.36. The van der Waals surface area contributed by atoms with Crippen LogP contribution in [0.25, 0.3) is 0 Å². The van der Waals surface area contributed by atoms with Crippen molar-refractivity contribution in [3.05, 3.63) is 77.5 Å². The Morgan fingerprint density at radius 1 is 1.00 bits per heavy atom. The lowest BCUT2D eigenvalue weighted by molar-refractivity contribution is 0.0600. The van der Waals surface area contributed by atoms with Crippen LogP contribution in [0.1, 0.15) is 28.8 Å². The topological polar surface area (TPSA) is 66.9 Å². The van der Waals surface area contributed by atoms with Crippen LogP contribution in [0.5, 0.6) is 23.1 Å². The minimum absolute atomic E-state index is 0.0173. The maximum atomic E-state index is 14.5. The van der Waals surface area contributed by atoms with E-state index in [0.717, 1.165) is 12.1 Å². The van der Waals surface area contributed by atoms with Gasteiger partial charge < -0.3 is 18.9 Å². The van der Waals surface area contributed by atoms with Gasteiger partial charge in [-0.15, -0.1) is 0 Å². The highest BCUT2D eigenvalue weighted by Crippen LogP contribution is 2.31. The summed E-state index contributed by atoms with van der Waals surface area (Å²) in [5, 5.41) is 0. The normalized spacial score (nSPS) is 12.8. The van der Waals surface area contributed by atoms with Gasteiger partial charge in [-0.1, -0.05) is 6.07 Å². The van der Waals surface area contributed by atoms with E-state index in [1.165, 1.54) is 38.3 Å². The van der Waals surface area contributed by atoms with Crippen molar-refractivity contribution in [1.29, 1.82) is 0 Å². The zero-order valence-electron chi connectivity index (χ0n) is 17.3. The first-order valence-corrected chi connectivity index (χ1v) is 10.1. The van der Waals surface area contributed by atoms with E-state index in [0.29, 0.717) is 24.0 Å². The molecule has 1 aromatic heterocycles. The molecule has 0 spiro atoms. The Kier molecular flexibility index (Phi) is 6.49. The van der Waals surface area contributed by atoms with Crippen molar-refractivity contribution in [1.82, 2.24) is 4.98 Å². The number of hydrogen-bond donors (Lipinski definition) is 0. The first-order chi connectivity index (χ1) is 15.5. The van der Waals surface area contributed by atoms with Crippen molar-refractivity contribution in [3.8, 4) is 23.1 Å². The fourth-order valence-corrected chi connectivity index (χ4v) is 2.89. The van der Waals surface area contributed by atoms with Crippen LogP contribution in [0.4, 0.5) is 8.78 Å². The number of carbonyl (C=O) groups excluding carboxylic acids is 1. The summed E-state index contributed by atoms with van der Waals surface area (Å²) in [6.45, 7) is 0.273. The summed E-state index contributed by atoms with van der Waals surface area (Å²) in [7, 11) is 1.26. The number of benzene rings is 2. The number of hydrogen-bond acceptors (Lipinski definition) is 6. The van der Waals surface area contributed by atoms with Gasteiger partial charge in [0, 0.05) is 30.5 Å². The van der Waals surface area contributed by atoms with Gasteiger partial charge in [-0.2, -0.15) is 0 Å². The number of aromatic nitrogens is 1. The van der Waals surface area contributed by atoms with E-state index in [9.17, 15) is 13.6 Å². The van der Waals surface area contributed by atoms with Crippen molar-refractivity contribution >= 4 is 5.97 Å². The van der Waals surface area contributed by atoms with Gasteiger partial charge in [-0.3, -0.25) is 0 Å². The molecule has 0 unspecified atom stereocenters. The molecule has 4 rings (SSSR count). The summed E-state index contributed by atoms with van der Waals surface area (Å²) in [4.78, 5) is 15.3. The van der Waals surface area contributed by atoms with E-state index in [2.05, 4.69) is 9.72 Å². The molecule has 2 aromatic carbocycles. The molecule has 0 radical (unpaired) electrons. The van der Waals surface area contributed by atoms with Crippen LogP contribution < -0.4 is 14.2 Å². The molecule has 32 heavy (non-hydrogen) atoms. The average molecular weight is 441 g/mol.